The second-order valence-corrected chi connectivity index (χ2v) is 6.91. The van der Waals surface area contributed by atoms with Crippen LogP contribution in [-0.2, 0) is 4.79 Å². The Kier molecular flexibility index (Phi) is 8.10. The van der Waals surface area contributed by atoms with Crippen LogP contribution < -0.4 is 5.32 Å². The minimum absolute atomic E-state index is 0.229. The van der Waals surface area contributed by atoms with Gasteiger partial charge in [-0.2, -0.15) is 0 Å². The quantitative estimate of drug-likeness (QED) is 0.551. The van der Waals surface area contributed by atoms with Crippen LogP contribution in [-0.4, -0.2) is 61.0 Å². The molecule has 0 aromatic carbocycles. The fraction of sp³-hybridized carbons (Fsp3) is 0.842. The largest absolute Gasteiger partial charge is 0.356 e. The van der Waals surface area contributed by atoms with Gasteiger partial charge in [0.15, 0.2) is 0 Å². The van der Waals surface area contributed by atoms with Gasteiger partial charge in [0, 0.05) is 18.5 Å². The monoisotopic (exact) mass is 321 g/mol. The van der Waals surface area contributed by atoms with Crippen molar-refractivity contribution in [3.63, 3.8) is 0 Å². The van der Waals surface area contributed by atoms with Crippen LogP contribution in [0.15, 0.2) is 12.2 Å². The van der Waals surface area contributed by atoms with Gasteiger partial charge in [0.05, 0.1) is 0 Å². The van der Waals surface area contributed by atoms with Gasteiger partial charge in [0.25, 0.3) is 0 Å². The van der Waals surface area contributed by atoms with E-state index in [1.54, 1.807) is 0 Å². The van der Waals surface area contributed by atoms with Gasteiger partial charge in [0.2, 0.25) is 5.91 Å². The van der Waals surface area contributed by atoms with Crippen molar-refractivity contribution in [1.29, 1.82) is 0 Å². The lowest BCUT2D eigenvalue weighted by Crippen LogP contribution is -2.45. The van der Waals surface area contributed by atoms with Gasteiger partial charge < -0.3 is 10.2 Å². The third-order valence-electron chi connectivity index (χ3n) is 5.44. The van der Waals surface area contributed by atoms with E-state index >= 15 is 0 Å². The first kappa shape index (κ1) is 18.5. The maximum absolute atomic E-state index is 12.3. The zero-order chi connectivity index (χ0) is 16.5. The SMILES string of the molecule is CCN(CC)CCCNC(=O)C1CCN([C@@H]2C=CCCC2)CC1. The van der Waals surface area contributed by atoms with Crippen molar-refractivity contribution >= 4 is 5.91 Å². The van der Waals surface area contributed by atoms with Crippen molar-refractivity contribution in [1.82, 2.24) is 15.1 Å². The third-order valence-corrected chi connectivity index (χ3v) is 5.44. The first-order valence-corrected chi connectivity index (χ1v) is 9.65. The lowest BCUT2D eigenvalue weighted by atomic mass is 9.92. The minimum Gasteiger partial charge on any atom is -0.356 e. The van der Waals surface area contributed by atoms with Crippen LogP contribution in [0.2, 0.25) is 0 Å². The molecule has 1 atom stereocenters. The summed E-state index contributed by atoms with van der Waals surface area (Å²) in [5.74, 6) is 0.510. The number of hydrogen-bond acceptors (Lipinski definition) is 3. The Morgan fingerprint density at radius 3 is 2.57 bits per heavy atom. The summed E-state index contributed by atoms with van der Waals surface area (Å²) in [6.07, 6.45) is 11.6. The first-order chi connectivity index (χ1) is 11.2. The van der Waals surface area contributed by atoms with Crippen LogP contribution >= 0.6 is 0 Å². The van der Waals surface area contributed by atoms with Crippen LogP contribution in [0.4, 0.5) is 0 Å². The van der Waals surface area contributed by atoms with Crippen LogP contribution in [0, 0.1) is 5.92 Å². The summed E-state index contributed by atoms with van der Waals surface area (Å²) in [4.78, 5) is 17.3. The Bertz CT molecular complexity index is 371. The Morgan fingerprint density at radius 1 is 1.22 bits per heavy atom. The molecule has 1 saturated heterocycles. The molecule has 4 nitrogen and oxygen atoms in total. The van der Waals surface area contributed by atoms with Gasteiger partial charge >= 0.3 is 0 Å². The van der Waals surface area contributed by atoms with E-state index in [-0.39, 0.29) is 11.8 Å². The maximum atomic E-state index is 12.3. The summed E-state index contributed by atoms with van der Waals surface area (Å²) in [7, 11) is 0. The van der Waals surface area contributed by atoms with Crippen LogP contribution in [0.5, 0.6) is 0 Å². The number of nitrogens with zero attached hydrogens (tertiary/aromatic N) is 2. The molecule has 1 aliphatic heterocycles. The highest BCUT2D eigenvalue weighted by Gasteiger charge is 2.27. The number of likely N-dealkylation sites (tertiary alicyclic amines) is 1. The van der Waals surface area contributed by atoms with E-state index in [4.69, 9.17) is 0 Å². The van der Waals surface area contributed by atoms with Gasteiger partial charge in [-0.25, -0.2) is 0 Å². The van der Waals surface area contributed by atoms with E-state index in [0.717, 1.165) is 58.5 Å². The van der Waals surface area contributed by atoms with Gasteiger partial charge in [-0.05, 0) is 71.2 Å². The topological polar surface area (TPSA) is 35.6 Å². The summed E-state index contributed by atoms with van der Waals surface area (Å²) in [5.41, 5.74) is 0. The van der Waals surface area contributed by atoms with Crippen molar-refractivity contribution in [3.8, 4) is 0 Å². The molecule has 1 fully saturated rings. The molecular formula is C19H35N3O. The first-order valence-electron chi connectivity index (χ1n) is 9.65. The molecule has 4 heteroatoms. The highest BCUT2D eigenvalue weighted by atomic mass is 16.1. The van der Waals surface area contributed by atoms with Gasteiger partial charge in [-0.1, -0.05) is 26.0 Å². The fourth-order valence-corrected chi connectivity index (χ4v) is 3.79. The Morgan fingerprint density at radius 2 is 1.96 bits per heavy atom. The van der Waals surface area contributed by atoms with Crippen LogP contribution in [0.25, 0.3) is 0 Å². The van der Waals surface area contributed by atoms with E-state index in [1.165, 1.54) is 19.3 Å². The second-order valence-electron chi connectivity index (χ2n) is 6.91. The fourth-order valence-electron chi connectivity index (χ4n) is 3.79. The molecule has 0 spiro atoms. The van der Waals surface area contributed by atoms with Crippen LogP contribution in [0.1, 0.15) is 52.4 Å². The van der Waals surface area contributed by atoms with E-state index in [0.29, 0.717) is 6.04 Å². The normalized spacial score (nSPS) is 23.3. The molecule has 132 valence electrons. The lowest BCUT2D eigenvalue weighted by molar-refractivity contribution is -0.126. The Labute approximate surface area is 142 Å². The van der Waals surface area contributed by atoms with Crippen molar-refractivity contribution in [2.24, 2.45) is 5.92 Å². The summed E-state index contributed by atoms with van der Waals surface area (Å²) in [5, 5.41) is 3.15. The minimum atomic E-state index is 0.229. The van der Waals surface area contributed by atoms with Crippen LogP contribution in [0.3, 0.4) is 0 Å². The van der Waals surface area contributed by atoms with Gasteiger partial charge in [-0.3, -0.25) is 9.69 Å². The Hall–Kier alpha value is -0.870. The maximum Gasteiger partial charge on any atom is 0.223 e. The Balaban J connectivity index is 1.61. The van der Waals surface area contributed by atoms with E-state index in [2.05, 4.69) is 41.1 Å². The van der Waals surface area contributed by atoms with Gasteiger partial charge in [-0.15, -0.1) is 0 Å². The average molecular weight is 322 g/mol. The number of carbonyl (C=O) groups excluding carboxylic acids is 1. The molecule has 1 heterocycles. The number of piperidine rings is 1. The number of amides is 1. The summed E-state index contributed by atoms with van der Waals surface area (Å²) in [6, 6.07) is 0.627. The second kappa shape index (κ2) is 10.1. The molecule has 1 amide bonds. The van der Waals surface area contributed by atoms with Crippen molar-refractivity contribution in [2.45, 2.75) is 58.4 Å². The zero-order valence-corrected chi connectivity index (χ0v) is 15.1. The molecule has 2 aliphatic rings. The molecule has 0 saturated carbocycles. The molecule has 1 aliphatic carbocycles. The van der Waals surface area contributed by atoms with Crippen molar-refractivity contribution in [2.75, 3.05) is 39.3 Å². The van der Waals surface area contributed by atoms with Crippen molar-refractivity contribution < 1.29 is 4.79 Å². The summed E-state index contributed by atoms with van der Waals surface area (Å²) in [6.45, 7) is 10.6. The summed E-state index contributed by atoms with van der Waals surface area (Å²) >= 11 is 0. The molecule has 23 heavy (non-hydrogen) atoms. The molecule has 0 unspecified atom stereocenters. The summed E-state index contributed by atoms with van der Waals surface area (Å²) < 4.78 is 0. The molecular weight excluding hydrogens is 286 g/mol. The standard InChI is InChI=1S/C19H35N3O/c1-3-21(4-2)14-8-13-20-19(23)17-11-15-22(16-12-17)18-9-6-5-7-10-18/h6,9,17-18H,3-5,7-8,10-16H2,1-2H3,(H,20,23)/t18-/m1/s1. The lowest BCUT2D eigenvalue weighted by Gasteiger charge is -2.37. The number of hydrogen-bond donors (Lipinski definition) is 1. The van der Waals surface area contributed by atoms with Crippen molar-refractivity contribution in [3.05, 3.63) is 12.2 Å². The van der Waals surface area contributed by atoms with Gasteiger partial charge in [0.1, 0.15) is 0 Å². The molecule has 0 radical (unpaired) electrons. The zero-order valence-electron chi connectivity index (χ0n) is 15.1. The molecule has 0 bridgehead atoms. The molecule has 0 aromatic rings. The van der Waals surface area contributed by atoms with E-state index in [9.17, 15) is 4.79 Å². The predicted octanol–water partition coefficient (Wildman–Crippen LogP) is 2.66. The number of nitrogens with one attached hydrogen (secondary N) is 1. The average Bonchev–Trinajstić information content (AvgIpc) is 2.62. The highest BCUT2D eigenvalue weighted by molar-refractivity contribution is 5.78. The third kappa shape index (κ3) is 5.92. The number of carbonyl (C=O) groups is 1. The molecule has 0 aromatic heterocycles. The van der Waals surface area contributed by atoms with E-state index in [1.807, 2.05) is 0 Å². The number of allylic oxidation sites excluding steroid dienone is 1. The molecule has 2 rings (SSSR count). The van der Waals surface area contributed by atoms with E-state index < -0.39 is 0 Å². The number of rotatable bonds is 8. The molecule has 1 N–H and O–H groups in total. The highest BCUT2D eigenvalue weighted by Crippen LogP contribution is 2.23. The predicted molar refractivity (Wildman–Crippen MR) is 96.5 cm³/mol. The smallest absolute Gasteiger partial charge is 0.223 e.